The van der Waals surface area contributed by atoms with Crippen LogP contribution in [0.25, 0.3) is 11.1 Å². The van der Waals surface area contributed by atoms with Crippen molar-refractivity contribution in [3.05, 3.63) is 88.9 Å². The average Bonchev–Trinajstić information content (AvgIpc) is 2.82. The summed E-state index contributed by atoms with van der Waals surface area (Å²) in [6.45, 7) is 6.14. The van der Waals surface area contributed by atoms with Crippen LogP contribution >= 0.6 is 11.6 Å². The van der Waals surface area contributed by atoms with Crippen LogP contribution in [0.1, 0.15) is 25.0 Å². The van der Waals surface area contributed by atoms with Crippen LogP contribution in [0.15, 0.2) is 72.8 Å². The lowest BCUT2D eigenvalue weighted by Crippen LogP contribution is -2.39. The van der Waals surface area contributed by atoms with Crippen LogP contribution in [0.4, 0.5) is 5.69 Å². The Kier molecular flexibility index (Phi) is 9.47. The average molecular weight is 491 g/mol. The normalized spacial score (nSPS) is 11.1. The molecule has 0 spiro atoms. The summed E-state index contributed by atoms with van der Waals surface area (Å²) in [5.74, 6) is 5.19. The lowest BCUT2D eigenvalue weighted by molar-refractivity contribution is -0.111. The molecule has 0 saturated heterocycles. The zero-order valence-electron chi connectivity index (χ0n) is 20.3. The molecule has 0 unspecified atom stereocenters. The van der Waals surface area contributed by atoms with Crippen LogP contribution in [0.5, 0.6) is 0 Å². The Balaban J connectivity index is 1.56. The van der Waals surface area contributed by atoms with Gasteiger partial charge < -0.3 is 15.2 Å². The zero-order valence-corrected chi connectivity index (χ0v) is 21.1. The van der Waals surface area contributed by atoms with Crippen molar-refractivity contribution in [3.8, 4) is 23.0 Å². The molecular formula is C29H31ClN2O3. The molecule has 0 aliphatic rings. The topological polar surface area (TPSA) is 61.8 Å². The van der Waals surface area contributed by atoms with Gasteiger partial charge in [0.1, 0.15) is 0 Å². The standard InChI is InChI=1S/C29H31ClN2O3/c1-29(2,34)21-32(18-19-35-3)20-23-6-4-22(5-7-23)8-17-28(33)31-27-15-11-25(12-16-27)24-9-13-26(30)14-10-24/h4-7,9-16,34H,18-21H2,1-3H3,(H,31,33). The fraction of sp³-hybridized carbons (Fsp3) is 0.276. The van der Waals surface area contributed by atoms with Crippen LogP contribution in [-0.2, 0) is 16.1 Å². The van der Waals surface area contributed by atoms with Crippen molar-refractivity contribution in [2.24, 2.45) is 0 Å². The van der Waals surface area contributed by atoms with Crippen molar-refractivity contribution in [2.45, 2.75) is 26.0 Å². The Bertz CT molecular complexity index is 1160. The lowest BCUT2D eigenvalue weighted by Gasteiger charge is -2.28. The maximum atomic E-state index is 12.3. The van der Waals surface area contributed by atoms with Crippen molar-refractivity contribution < 1.29 is 14.6 Å². The second-order valence-electron chi connectivity index (χ2n) is 9.00. The number of carbonyl (C=O) groups excluding carboxylic acids is 1. The fourth-order valence-electron chi connectivity index (χ4n) is 3.61. The Hall–Kier alpha value is -3.14. The maximum absolute atomic E-state index is 12.3. The van der Waals surface area contributed by atoms with Crippen molar-refractivity contribution in [1.29, 1.82) is 0 Å². The third kappa shape index (κ3) is 9.20. The molecule has 3 rings (SSSR count). The SMILES string of the molecule is COCCN(Cc1ccc(C#CC(=O)Nc2ccc(-c3ccc(Cl)cc3)cc2)cc1)CC(C)(C)O. The molecule has 0 aliphatic carbocycles. The van der Waals surface area contributed by atoms with E-state index in [2.05, 4.69) is 22.1 Å². The summed E-state index contributed by atoms with van der Waals surface area (Å²) in [7, 11) is 1.67. The summed E-state index contributed by atoms with van der Waals surface area (Å²) in [6.07, 6.45) is 0. The summed E-state index contributed by atoms with van der Waals surface area (Å²) in [5.41, 5.74) is 3.84. The molecule has 3 aromatic carbocycles. The number of anilines is 1. The summed E-state index contributed by atoms with van der Waals surface area (Å²) < 4.78 is 5.19. The summed E-state index contributed by atoms with van der Waals surface area (Å²) >= 11 is 5.95. The number of methoxy groups -OCH3 is 1. The van der Waals surface area contributed by atoms with E-state index in [0.717, 1.165) is 28.8 Å². The Labute approximate surface area is 212 Å². The van der Waals surface area contributed by atoms with Crippen LogP contribution in [0, 0.1) is 11.8 Å². The number of amides is 1. The predicted molar refractivity (Wildman–Crippen MR) is 142 cm³/mol. The van der Waals surface area contributed by atoms with Gasteiger partial charge in [-0.15, -0.1) is 0 Å². The Morgan fingerprint density at radius 1 is 1.00 bits per heavy atom. The highest BCUT2D eigenvalue weighted by Crippen LogP contribution is 2.23. The first kappa shape index (κ1) is 26.5. The third-order valence-electron chi connectivity index (χ3n) is 5.22. The minimum absolute atomic E-state index is 0.371. The van der Waals surface area contributed by atoms with Gasteiger partial charge in [0.05, 0.1) is 12.2 Å². The second kappa shape index (κ2) is 12.5. The number of benzene rings is 3. The van der Waals surface area contributed by atoms with Gasteiger partial charge in [0.25, 0.3) is 0 Å². The zero-order chi connectivity index (χ0) is 25.3. The van der Waals surface area contributed by atoms with Gasteiger partial charge in [-0.1, -0.05) is 53.9 Å². The van der Waals surface area contributed by atoms with Crippen LogP contribution in [0.2, 0.25) is 5.02 Å². The Morgan fingerprint density at radius 2 is 1.60 bits per heavy atom. The van der Waals surface area contributed by atoms with Crippen molar-refractivity contribution in [3.63, 3.8) is 0 Å². The highest BCUT2D eigenvalue weighted by molar-refractivity contribution is 6.30. The largest absolute Gasteiger partial charge is 0.389 e. The molecule has 0 aliphatic heterocycles. The van der Waals surface area contributed by atoms with Crippen LogP contribution in [0.3, 0.4) is 0 Å². The number of nitrogens with one attached hydrogen (secondary N) is 1. The molecule has 6 heteroatoms. The van der Waals surface area contributed by atoms with Gasteiger partial charge in [-0.25, -0.2) is 0 Å². The van der Waals surface area contributed by atoms with Gasteiger partial charge >= 0.3 is 5.91 Å². The van der Waals surface area contributed by atoms with E-state index < -0.39 is 5.60 Å². The molecule has 0 radical (unpaired) electrons. The van der Waals surface area contributed by atoms with E-state index in [-0.39, 0.29) is 5.91 Å². The first-order chi connectivity index (χ1) is 16.7. The van der Waals surface area contributed by atoms with Crippen molar-refractivity contribution in [2.75, 3.05) is 32.1 Å². The van der Waals surface area contributed by atoms with Gasteiger partial charge in [-0.2, -0.15) is 0 Å². The van der Waals surface area contributed by atoms with Gasteiger partial charge in [-0.3, -0.25) is 9.69 Å². The number of ether oxygens (including phenoxy) is 1. The molecule has 35 heavy (non-hydrogen) atoms. The molecule has 0 atom stereocenters. The second-order valence-corrected chi connectivity index (χ2v) is 9.44. The molecule has 2 N–H and O–H groups in total. The quantitative estimate of drug-likeness (QED) is 0.404. The number of carbonyl (C=O) groups is 1. The van der Waals surface area contributed by atoms with E-state index >= 15 is 0 Å². The summed E-state index contributed by atoms with van der Waals surface area (Å²) in [5, 5.41) is 13.7. The van der Waals surface area contributed by atoms with E-state index in [0.29, 0.717) is 30.4 Å². The molecule has 0 heterocycles. The van der Waals surface area contributed by atoms with Crippen LogP contribution in [-0.4, -0.2) is 48.3 Å². The molecule has 5 nitrogen and oxygen atoms in total. The molecule has 0 aromatic heterocycles. The predicted octanol–water partition coefficient (Wildman–Crippen LogP) is 5.22. The van der Waals surface area contributed by atoms with Gasteiger partial charge in [-0.05, 0) is 66.9 Å². The number of rotatable bonds is 9. The first-order valence-electron chi connectivity index (χ1n) is 11.4. The highest BCUT2D eigenvalue weighted by atomic mass is 35.5. The summed E-state index contributed by atoms with van der Waals surface area (Å²) in [4.78, 5) is 14.4. The molecule has 1 amide bonds. The molecular weight excluding hydrogens is 460 g/mol. The highest BCUT2D eigenvalue weighted by Gasteiger charge is 2.18. The minimum atomic E-state index is -0.789. The number of halogens is 1. The number of hydrogen-bond donors (Lipinski definition) is 2. The molecule has 0 fully saturated rings. The van der Waals surface area contributed by atoms with E-state index in [1.165, 1.54) is 0 Å². The first-order valence-corrected chi connectivity index (χ1v) is 11.8. The molecule has 0 saturated carbocycles. The van der Waals surface area contributed by atoms with Crippen LogP contribution < -0.4 is 5.32 Å². The van der Waals surface area contributed by atoms with E-state index in [4.69, 9.17) is 16.3 Å². The number of nitrogens with zero attached hydrogens (tertiary/aromatic N) is 1. The van der Waals surface area contributed by atoms with Crippen molar-refractivity contribution >= 4 is 23.2 Å². The monoisotopic (exact) mass is 490 g/mol. The van der Waals surface area contributed by atoms with E-state index in [1.807, 2.05) is 72.8 Å². The summed E-state index contributed by atoms with van der Waals surface area (Å²) in [6, 6.07) is 23.0. The number of hydrogen-bond acceptors (Lipinski definition) is 4. The fourth-order valence-corrected chi connectivity index (χ4v) is 3.74. The number of aliphatic hydroxyl groups is 1. The van der Waals surface area contributed by atoms with E-state index in [1.54, 1.807) is 21.0 Å². The van der Waals surface area contributed by atoms with Gasteiger partial charge in [0, 0.05) is 48.9 Å². The maximum Gasteiger partial charge on any atom is 0.300 e. The third-order valence-corrected chi connectivity index (χ3v) is 5.47. The minimum Gasteiger partial charge on any atom is -0.389 e. The van der Waals surface area contributed by atoms with E-state index in [9.17, 15) is 9.90 Å². The molecule has 182 valence electrons. The Morgan fingerprint density at radius 3 is 2.17 bits per heavy atom. The molecule has 3 aromatic rings. The van der Waals surface area contributed by atoms with Gasteiger partial charge in [0.2, 0.25) is 0 Å². The lowest BCUT2D eigenvalue weighted by atomic mass is 10.1. The molecule has 0 bridgehead atoms. The van der Waals surface area contributed by atoms with Crippen molar-refractivity contribution in [1.82, 2.24) is 4.90 Å². The smallest absolute Gasteiger partial charge is 0.300 e. The van der Waals surface area contributed by atoms with Gasteiger partial charge in [0.15, 0.2) is 0 Å².